The Morgan fingerprint density at radius 2 is 1.79 bits per heavy atom. The van der Waals surface area contributed by atoms with E-state index in [9.17, 15) is 0 Å². The number of benzene rings is 1. The summed E-state index contributed by atoms with van der Waals surface area (Å²) in [6.45, 7) is 3.38. The minimum Gasteiger partial charge on any atom is -0.360 e. The molecule has 0 amide bonds. The Balaban J connectivity index is 1.18. The predicted molar refractivity (Wildman–Crippen MR) is 103 cm³/mol. The number of piperidine rings is 1. The van der Waals surface area contributed by atoms with Gasteiger partial charge in [0.15, 0.2) is 5.11 Å². The molecule has 3 nitrogen and oxygen atoms in total. The number of nitrogens with one attached hydrogen (secondary N) is 2. The van der Waals surface area contributed by atoms with Gasteiger partial charge in [0.1, 0.15) is 0 Å². The molecule has 2 saturated carbocycles. The molecule has 24 heavy (non-hydrogen) atoms. The van der Waals surface area contributed by atoms with Crippen LogP contribution in [0.3, 0.4) is 0 Å². The predicted octanol–water partition coefficient (Wildman–Crippen LogP) is 3.30. The van der Waals surface area contributed by atoms with Crippen LogP contribution in [-0.4, -0.2) is 35.2 Å². The van der Waals surface area contributed by atoms with Gasteiger partial charge < -0.3 is 10.6 Å². The molecule has 2 bridgehead atoms. The van der Waals surface area contributed by atoms with E-state index in [0.29, 0.717) is 12.1 Å². The normalized spacial score (nSPS) is 30.4. The molecule has 3 atom stereocenters. The average Bonchev–Trinajstić information content (AvgIpc) is 3.20. The zero-order chi connectivity index (χ0) is 16.4. The van der Waals surface area contributed by atoms with Crippen LogP contribution in [0.15, 0.2) is 30.3 Å². The number of fused-ring (bicyclic) bond motifs is 2. The number of rotatable bonds is 4. The first-order valence-corrected chi connectivity index (χ1v) is 10.0. The molecule has 3 aliphatic rings. The molecule has 2 aliphatic carbocycles. The van der Waals surface area contributed by atoms with Gasteiger partial charge in [-0.05, 0) is 61.7 Å². The summed E-state index contributed by atoms with van der Waals surface area (Å²) in [5, 5.41) is 8.10. The van der Waals surface area contributed by atoms with Gasteiger partial charge in [0.25, 0.3) is 0 Å². The molecule has 1 heterocycles. The van der Waals surface area contributed by atoms with Crippen LogP contribution in [0.1, 0.15) is 44.1 Å². The highest BCUT2D eigenvalue weighted by atomic mass is 32.1. The molecular formula is C20H29N3S. The van der Waals surface area contributed by atoms with E-state index in [2.05, 4.69) is 45.9 Å². The highest BCUT2D eigenvalue weighted by molar-refractivity contribution is 7.80. The van der Waals surface area contributed by atoms with E-state index in [1.807, 2.05) is 0 Å². The summed E-state index contributed by atoms with van der Waals surface area (Å²) >= 11 is 5.59. The van der Waals surface area contributed by atoms with Crippen molar-refractivity contribution in [2.75, 3.05) is 13.1 Å². The molecule has 4 rings (SSSR count). The molecule has 1 aromatic carbocycles. The van der Waals surface area contributed by atoms with Crippen LogP contribution in [0.5, 0.6) is 0 Å². The molecule has 130 valence electrons. The maximum absolute atomic E-state index is 5.59. The fraction of sp³-hybridized carbons (Fsp3) is 0.650. The molecular weight excluding hydrogens is 314 g/mol. The Kier molecular flexibility index (Phi) is 5.04. The largest absolute Gasteiger partial charge is 0.360 e. The summed E-state index contributed by atoms with van der Waals surface area (Å²) in [5.74, 6) is 1.85. The van der Waals surface area contributed by atoms with Crippen LogP contribution in [-0.2, 0) is 6.54 Å². The standard InChI is InChI=1S/C20H29N3S/c24-20(22-19-13-16-6-7-17(19)12-16)21-18-8-10-23(11-9-18)14-15-4-2-1-3-5-15/h1-5,16-19H,6-14H2,(H2,21,22,24)/t16-,17-,19-/m1/s1. The van der Waals surface area contributed by atoms with Crippen molar-refractivity contribution in [2.45, 2.75) is 57.2 Å². The van der Waals surface area contributed by atoms with Crippen LogP contribution in [0.2, 0.25) is 0 Å². The van der Waals surface area contributed by atoms with Crippen LogP contribution in [0, 0.1) is 11.8 Å². The maximum atomic E-state index is 5.59. The highest BCUT2D eigenvalue weighted by Crippen LogP contribution is 2.44. The fourth-order valence-electron chi connectivity index (χ4n) is 4.89. The van der Waals surface area contributed by atoms with Crippen molar-refractivity contribution in [3.8, 4) is 0 Å². The monoisotopic (exact) mass is 343 g/mol. The van der Waals surface area contributed by atoms with E-state index in [1.54, 1.807) is 0 Å². The van der Waals surface area contributed by atoms with Crippen molar-refractivity contribution in [2.24, 2.45) is 11.8 Å². The molecule has 1 aliphatic heterocycles. The van der Waals surface area contributed by atoms with Crippen molar-refractivity contribution in [1.29, 1.82) is 0 Å². The van der Waals surface area contributed by atoms with Gasteiger partial charge in [-0.3, -0.25) is 4.90 Å². The minimum atomic E-state index is 0.538. The summed E-state index contributed by atoms with van der Waals surface area (Å²) < 4.78 is 0. The van der Waals surface area contributed by atoms with Gasteiger partial charge in [-0.25, -0.2) is 0 Å². The van der Waals surface area contributed by atoms with Crippen LogP contribution in [0.25, 0.3) is 0 Å². The van der Waals surface area contributed by atoms with Crippen molar-refractivity contribution in [3.05, 3.63) is 35.9 Å². The zero-order valence-electron chi connectivity index (χ0n) is 14.4. The van der Waals surface area contributed by atoms with Gasteiger partial charge in [-0.1, -0.05) is 36.8 Å². The third kappa shape index (κ3) is 3.92. The molecule has 4 heteroatoms. The van der Waals surface area contributed by atoms with Crippen molar-refractivity contribution in [3.63, 3.8) is 0 Å². The van der Waals surface area contributed by atoms with E-state index in [4.69, 9.17) is 12.2 Å². The quantitative estimate of drug-likeness (QED) is 0.820. The summed E-state index contributed by atoms with van der Waals surface area (Å²) in [5.41, 5.74) is 1.41. The molecule has 0 spiro atoms. The van der Waals surface area contributed by atoms with E-state index in [1.165, 1.54) is 44.1 Å². The Morgan fingerprint density at radius 1 is 1.00 bits per heavy atom. The summed E-state index contributed by atoms with van der Waals surface area (Å²) in [6.07, 6.45) is 7.99. The minimum absolute atomic E-state index is 0.538. The second-order valence-corrected chi connectivity index (χ2v) is 8.34. The van der Waals surface area contributed by atoms with Gasteiger partial charge in [-0.2, -0.15) is 0 Å². The van der Waals surface area contributed by atoms with Crippen LogP contribution >= 0.6 is 12.2 Å². The Hall–Kier alpha value is -1.13. The molecule has 0 unspecified atom stereocenters. The lowest BCUT2D eigenvalue weighted by molar-refractivity contribution is 0.198. The fourth-order valence-corrected chi connectivity index (χ4v) is 5.21. The van der Waals surface area contributed by atoms with Crippen molar-refractivity contribution in [1.82, 2.24) is 15.5 Å². The Labute approximate surface area is 151 Å². The molecule has 0 aromatic heterocycles. The van der Waals surface area contributed by atoms with Crippen LogP contribution in [0.4, 0.5) is 0 Å². The Bertz CT molecular complexity index is 553. The number of nitrogens with zero attached hydrogens (tertiary/aromatic N) is 1. The van der Waals surface area contributed by atoms with Gasteiger partial charge in [-0.15, -0.1) is 0 Å². The van der Waals surface area contributed by atoms with E-state index >= 15 is 0 Å². The van der Waals surface area contributed by atoms with Gasteiger partial charge in [0.2, 0.25) is 0 Å². The van der Waals surface area contributed by atoms with Crippen molar-refractivity contribution < 1.29 is 0 Å². The second-order valence-electron chi connectivity index (χ2n) is 7.94. The van der Waals surface area contributed by atoms with E-state index in [-0.39, 0.29) is 0 Å². The lowest BCUT2D eigenvalue weighted by Crippen LogP contribution is -2.50. The Morgan fingerprint density at radius 3 is 2.46 bits per heavy atom. The van der Waals surface area contributed by atoms with Crippen molar-refractivity contribution >= 4 is 17.3 Å². The first kappa shape index (κ1) is 16.3. The van der Waals surface area contributed by atoms with E-state index in [0.717, 1.165) is 36.6 Å². The molecule has 1 saturated heterocycles. The summed E-state index contributed by atoms with van der Waals surface area (Å²) in [7, 11) is 0. The third-order valence-corrected chi connectivity index (χ3v) is 6.46. The molecule has 3 fully saturated rings. The lowest BCUT2D eigenvalue weighted by Gasteiger charge is -2.34. The first-order chi connectivity index (χ1) is 11.8. The average molecular weight is 344 g/mol. The number of hydrogen-bond acceptors (Lipinski definition) is 2. The molecule has 0 radical (unpaired) electrons. The second kappa shape index (κ2) is 7.40. The lowest BCUT2D eigenvalue weighted by atomic mass is 9.95. The summed E-state index contributed by atoms with van der Waals surface area (Å²) in [4.78, 5) is 2.56. The van der Waals surface area contributed by atoms with Gasteiger partial charge in [0, 0.05) is 31.7 Å². The number of hydrogen-bond donors (Lipinski definition) is 2. The third-order valence-electron chi connectivity index (χ3n) is 6.23. The smallest absolute Gasteiger partial charge is 0.166 e. The van der Waals surface area contributed by atoms with Gasteiger partial charge >= 0.3 is 0 Å². The van der Waals surface area contributed by atoms with Crippen LogP contribution < -0.4 is 10.6 Å². The SMILES string of the molecule is S=C(NC1CCN(Cc2ccccc2)CC1)N[C@@H]1C[C@@H]2CC[C@@H]1C2. The molecule has 2 N–H and O–H groups in total. The topological polar surface area (TPSA) is 27.3 Å². The zero-order valence-corrected chi connectivity index (χ0v) is 15.2. The van der Waals surface area contributed by atoms with E-state index < -0.39 is 0 Å². The summed E-state index contributed by atoms with van der Waals surface area (Å²) in [6, 6.07) is 12.0. The molecule has 1 aromatic rings. The first-order valence-electron chi connectivity index (χ1n) is 9.59. The maximum Gasteiger partial charge on any atom is 0.166 e. The number of thiocarbonyl (C=S) groups is 1. The van der Waals surface area contributed by atoms with Gasteiger partial charge in [0.05, 0.1) is 0 Å². The number of likely N-dealkylation sites (tertiary alicyclic amines) is 1. The highest BCUT2D eigenvalue weighted by Gasteiger charge is 2.39.